The van der Waals surface area contributed by atoms with E-state index in [1.807, 2.05) is 0 Å². The molecule has 2 heterocycles. The van der Waals surface area contributed by atoms with Crippen LogP contribution in [0.1, 0.15) is 65.2 Å². The molecule has 17 heavy (non-hydrogen) atoms. The van der Waals surface area contributed by atoms with Crippen molar-refractivity contribution in [1.29, 1.82) is 0 Å². The highest BCUT2D eigenvalue weighted by atomic mass is 15.2. The van der Waals surface area contributed by atoms with Crippen LogP contribution in [0.4, 0.5) is 0 Å². The molecule has 2 fully saturated rings. The van der Waals surface area contributed by atoms with E-state index in [1.54, 1.807) is 0 Å². The Morgan fingerprint density at radius 3 is 2.29 bits per heavy atom. The van der Waals surface area contributed by atoms with Gasteiger partial charge in [0, 0.05) is 18.1 Å². The number of rotatable bonds is 7. The number of piperidine rings is 1. The predicted octanol–water partition coefficient (Wildman–Crippen LogP) is 3.17. The highest BCUT2D eigenvalue weighted by Crippen LogP contribution is 2.35. The summed E-state index contributed by atoms with van der Waals surface area (Å²) in [5.41, 5.74) is 0. The van der Waals surface area contributed by atoms with Gasteiger partial charge in [0.05, 0.1) is 0 Å². The lowest BCUT2D eigenvalue weighted by Crippen LogP contribution is -2.49. The van der Waals surface area contributed by atoms with E-state index in [2.05, 4.69) is 24.1 Å². The Morgan fingerprint density at radius 2 is 1.71 bits per heavy atom. The zero-order chi connectivity index (χ0) is 12.1. The standard InChI is InChI=1S/C15H30N2/c1-3-5-6-10-17-14-7-8-15(17)12-13(11-14)16-9-4-2/h13-16H,3-12H2,1-2H3. The van der Waals surface area contributed by atoms with Gasteiger partial charge in [-0.2, -0.15) is 0 Å². The quantitative estimate of drug-likeness (QED) is 0.685. The molecule has 2 nitrogen and oxygen atoms in total. The molecule has 0 aromatic rings. The van der Waals surface area contributed by atoms with Crippen LogP contribution >= 0.6 is 0 Å². The van der Waals surface area contributed by atoms with E-state index in [4.69, 9.17) is 0 Å². The molecular formula is C15H30N2. The number of fused-ring (bicyclic) bond motifs is 2. The van der Waals surface area contributed by atoms with Gasteiger partial charge < -0.3 is 5.32 Å². The number of nitrogens with zero attached hydrogens (tertiary/aromatic N) is 1. The Balaban J connectivity index is 1.76. The fourth-order valence-corrected chi connectivity index (χ4v) is 3.70. The monoisotopic (exact) mass is 238 g/mol. The van der Waals surface area contributed by atoms with Crippen LogP contribution in [0.15, 0.2) is 0 Å². The minimum absolute atomic E-state index is 0.815. The van der Waals surface area contributed by atoms with Gasteiger partial charge in [0.1, 0.15) is 0 Å². The molecule has 2 rings (SSSR count). The first-order valence-electron chi connectivity index (χ1n) is 7.84. The molecule has 2 bridgehead atoms. The zero-order valence-corrected chi connectivity index (χ0v) is 11.8. The van der Waals surface area contributed by atoms with Crippen molar-refractivity contribution in [2.45, 2.75) is 83.3 Å². The van der Waals surface area contributed by atoms with Crippen LogP contribution in [0.5, 0.6) is 0 Å². The molecule has 2 aliphatic heterocycles. The maximum Gasteiger partial charge on any atom is 0.0114 e. The lowest BCUT2D eigenvalue weighted by molar-refractivity contribution is 0.115. The highest BCUT2D eigenvalue weighted by Gasteiger charge is 2.39. The molecule has 2 atom stereocenters. The van der Waals surface area contributed by atoms with Crippen molar-refractivity contribution >= 4 is 0 Å². The van der Waals surface area contributed by atoms with E-state index < -0.39 is 0 Å². The average Bonchev–Trinajstić information content (AvgIpc) is 2.59. The minimum atomic E-state index is 0.815. The Hall–Kier alpha value is -0.0800. The van der Waals surface area contributed by atoms with Crippen molar-refractivity contribution in [3.8, 4) is 0 Å². The molecule has 0 spiro atoms. The summed E-state index contributed by atoms with van der Waals surface area (Å²) < 4.78 is 0. The van der Waals surface area contributed by atoms with Crippen molar-refractivity contribution in [2.75, 3.05) is 13.1 Å². The molecule has 2 saturated heterocycles. The van der Waals surface area contributed by atoms with Crippen LogP contribution < -0.4 is 5.32 Å². The second-order valence-electron chi connectivity index (χ2n) is 5.95. The van der Waals surface area contributed by atoms with Crippen LogP contribution in [0.25, 0.3) is 0 Å². The summed E-state index contributed by atoms with van der Waals surface area (Å²) in [6.07, 6.45) is 11.2. The summed E-state index contributed by atoms with van der Waals surface area (Å²) in [7, 11) is 0. The largest absolute Gasteiger partial charge is 0.314 e. The maximum atomic E-state index is 3.73. The fraction of sp³-hybridized carbons (Fsp3) is 1.00. The van der Waals surface area contributed by atoms with Crippen molar-refractivity contribution in [3.05, 3.63) is 0 Å². The van der Waals surface area contributed by atoms with Gasteiger partial charge in [-0.15, -0.1) is 0 Å². The number of unbranched alkanes of at least 4 members (excludes halogenated alkanes) is 2. The molecule has 2 unspecified atom stereocenters. The molecule has 2 heteroatoms. The van der Waals surface area contributed by atoms with Gasteiger partial charge >= 0.3 is 0 Å². The SMILES string of the molecule is CCCCCN1C2CCC1CC(NCCC)C2. The van der Waals surface area contributed by atoms with Crippen LogP contribution in [0, 0.1) is 0 Å². The number of nitrogens with one attached hydrogen (secondary N) is 1. The van der Waals surface area contributed by atoms with Gasteiger partial charge in [-0.25, -0.2) is 0 Å². The van der Waals surface area contributed by atoms with Crippen molar-refractivity contribution in [3.63, 3.8) is 0 Å². The predicted molar refractivity (Wildman–Crippen MR) is 74.4 cm³/mol. The normalized spacial score (nSPS) is 33.2. The van der Waals surface area contributed by atoms with Crippen LogP contribution in [-0.2, 0) is 0 Å². The molecule has 0 amide bonds. The zero-order valence-electron chi connectivity index (χ0n) is 11.8. The summed E-state index contributed by atoms with van der Waals surface area (Å²) in [6, 6.07) is 2.62. The van der Waals surface area contributed by atoms with E-state index >= 15 is 0 Å². The van der Waals surface area contributed by atoms with E-state index in [9.17, 15) is 0 Å². The highest BCUT2D eigenvalue weighted by molar-refractivity contribution is 4.97. The lowest BCUT2D eigenvalue weighted by Gasteiger charge is -2.39. The van der Waals surface area contributed by atoms with E-state index in [-0.39, 0.29) is 0 Å². The summed E-state index contributed by atoms with van der Waals surface area (Å²) in [5.74, 6) is 0. The average molecular weight is 238 g/mol. The minimum Gasteiger partial charge on any atom is -0.314 e. The van der Waals surface area contributed by atoms with E-state index in [1.165, 1.54) is 64.5 Å². The first-order chi connectivity index (χ1) is 8.35. The van der Waals surface area contributed by atoms with Crippen LogP contribution in [0.3, 0.4) is 0 Å². The van der Waals surface area contributed by atoms with Gasteiger partial charge in [-0.1, -0.05) is 26.7 Å². The Kier molecular flexibility index (Phi) is 5.30. The fourth-order valence-electron chi connectivity index (χ4n) is 3.70. The lowest BCUT2D eigenvalue weighted by atomic mass is 9.96. The van der Waals surface area contributed by atoms with Crippen LogP contribution in [-0.4, -0.2) is 36.1 Å². The van der Waals surface area contributed by atoms with E-state index in [0.717, 1.165) is 18.1 Å². The molecule has 0 saturated carbocycles. The van der Waals surface area contributed by atoms with Crippen LogP contribution in [0.2, 0.25) is 0 Å². The summed E-state index contributed by atoms with van der Waals surface area (Å²) in [6.45, 7) is 7.14. The number of hydrogen-bond donors (Lipinski definition) is 1. The van der Waals surface area contributed by atoms with Gasteiger partial charge in [0.15, 0.2) is 0 Å². The first kappa shape index (κ1) is 13.4. The molecule has 2 aliphatic rings. The molecule has 1 N–H and O–H groups in total. The van der Waals surface area contributed by atoms with Gasteiger partial charge in [-0.3, -0.25) is 4.90 Å². The summed E-state index contributed by atoms with van der Waals surface area (Å²) in [5, 5.41) is 3.73. The molecule has 0 radical (unpaired) electrons. The summed E-state index contributed by atoms with van der Waals surface area (Å²) >= 11 is 0. The second-order valence-corrected chi connectivity index (χ2v) is 5.95. The molecule has 0 aromatic heterocycles. The third kappa shape index (κ3) is 3.45. The van der Waals surface area contributed by atoms with Gasteiger partial charge in [0.25, 0.3) is 0 Å². The molecule has 0 aliphatic carbocycles. The Morgan fingerprint density at radius 1 is 1.00 bits per heavy atom. The van der Waals surface area contributed by atoms with Gasteiger partial charge in [-0.05, 0) is 51.6 Å². The van der Waals surface area contributed by atoms with Crippen molar-refractivity contribution < 1.29 is 0 Å². The maximum absolute atomic E-state index is 3.73. The molecule has 100 valence electrons. The first-order valence-corrected chi connectivity index (χ1v) is 7.84. The third-order valence-electron chi connectivity index (χ3n) is 4.59. The molecular weight excluding hydrogens is 208 g/mol. The second kappa shape index (κ2) is 6.75. The number of hydrogen-bond acceptors (Lipinski definition) is 2. The Bertz CT molecular complexity index is 203. The molecule has 0 aromatic carbocycles. The van der Waals surface area contributed by atoms with E-state index in [0.29, 0.717) is 0 Å². The summed E-state index contributed by atoms with van der Waals surface area (Å²) in [4.78, 5) is 2.83. The Labute approximate surface area is 107 Å². The van der Waals surface area contributed by atoms with Crippen molar-refractivity contribution in [2.24, 2.45) is 0 Å². The topological polar surface area (TPSA) is 15.3 Å². The third-order valence-corrected chi connectivity index (χ3v) is 4.59. The van der Waals surface area contributed by atoms with Gasteiger partial charge in [0.2, 0.25) is 0 Å². The van der Waals surface area contributed by atoms with Crippen molar-refractivity contribution in [1.82, 2.24) is 10.2 Å². The smallest absolute Gasteiger partial charge is 0.0114 e.